The molecule has 1 heterocycles. The summed E-state index contributed by atoms with van der Waals surface area (Å²) in [6.45, 7) is 0.0943. The first-order chi connectivity index (χ1) is 5.34. The number of nitrogens with zero attached hydrogens (tertiary/aromatic N) is 2. The van der Waals surface area contributed by atoms with Gasteiger partial charge in [0.1, 0.15) is 6.67 Å². The van der Waals surface area contributed by atoms with Gasteiger partial charge in [0, 0.05) is 19.8 Å². The minimum Gasteiger partial charge on any atom is -0.371 e. The molecule has 0 fully saturated rings. The summed E-state index contributed by atoms with van der Waals surface area (Å²) in [5.74, 6) is 0. The zero-order valence-electron chi connectivity index (χ0n) is 6.50. The summed E-state index contributed by atoms with van der Waals surface area (Å²) in [6.07, 6.45) is 3.42. The van der Waals surface area contributed by atoms with Crippen molar-refractivity contribution in [3.8, 4) is 0 Å². The van der Waals surface area contributed by atoms with Gasteiger partial charge in [0.15, 0.2) is 0 Å². The maximum atomic E-state index is 11.9. The lowest BCUT2D eigenvalue weighted by Crippen LogP contribution is -2.19. The van der Waals surface area contributed by atoms with Gasteiger partial charge in [0.25, 0.3) is 0 Å². The van der Waals surface area contributed by atoms with Crippen molar-refractivity contribution in [2.45, 2.75) is 0 Å². The van der Waals surface area contributed by atoms with Crippen LogP contribution < -0.4 is 4.90 Å². The van der Waals surface area contributed by atoms with Crippen LogP contribution in [0.3, 0.4) is 0 Å². The van der Waals surface area contributed by atoms with Crippen LogP contribution in [0.5, 0.6) is 0 Å². The molecule has 3 heteroatoms. The van der Waals surface area contributed by atoms with E-state index in [0.717, 1.165) is 5.69 Å². The molecule has 0 saturated heterocycles. The third kappa shape index (κ3) is 2.18. The number of halogens is 1. The molecule has 1 aromatic heterocycles. The largest absolute Gasteiger partial charge is 0.371 e. The van der Waals surface area contributed by atoms with Crippen molar-refractivity contribution >= 4 is 5.69 Å². The van der Waals surface area contributed by atoms with Crippen molar-refractivity contribution in [1.29, 1.82) is 0 Å². The highest BCUT2D eigenvalue weighted by molar-refractivity contribution is 5.42. The van der Waals surface area contributed by atoms with Crippen LogP contribution in [-0.4, -0.2) is 25.3 Å². The standard InChI is InChI=1S/C8H11FN2/c1-11(6-4-9)8-3-2-5-10-7-8/h2-3,5,7H,4,6H2,1H3. The Kier molecular flexibility index (Phi) is 2.83. The van der Waals surface area contributed by atoms with Gasteiger partial charge < -0.3 is 4.90 Å². The van der Waals surface area contributed by atoms with Gasteiger partial charge >= 0.3 is 0 Å². The van der Waals surface area contributed by atoms with E-state index in [0.29, 0.717) is 6.54 Å². The summed E-state index contributed by atoms with van der Waals surface area (Å²) < 4.78 is 11.9. The Hall–Kier alpha value is -1.12. The van der Waals surface area contributed by atoms with Crippen LogP contribution >= 0.6 is 0 Å². The number of hydrogen-bond donors (Lipinski definition) is 0. The number of pyridine rings is 1. The highest BCUT2D eigenvalue weighted by Crippen LogP contribution is 2.07. The van der Waals surface area contributed by atoms with E-state index in [1.807, 2.05) is 24.1 Å². The van der Waals surface area contributed by atoms with Gasteiger partial charge in [-0.2, -0.15) is 0 Å². The monoisotopic (exact) mass is 154 g/mol. The fourth-order valence-corrected chi connectivity index (χ4v) is 0.835. The topological polar surface area (TPSA) is 16.1 Å². The number of anilines is 1. The zero-order chi connectivity index (χ0) is 8.10. The van der Waals surface area contributed by atoms with E-state index >= 15 is 0 Å². The third-order valence-electron chi connectivity index (χ3n) is 1.51. The van der Waals surface area contributed by atoms with Crippen LogP contribution in [0.4, 0.5) is 10.1 Å². The number of rotatable bonds is 3. The van der Waals surface area contributed by atoms with Gasteiger partial charge in [0.2, 0.25) is 0 Å². The summed E-state index contributed by atoms with van der Waals surface area (Å²) in [4.78, 5) is 5.75. The van der Waals surface area contributed by atoms with Gasteiger partial charge in [-0.1, -0.05) is 0 Å². The van der Waals surface area contributed by atoms with Crippen LogP contribution in [0.1, 0.15) is 0 Å². The molecular formula is C8H11FN2. The van der Waals surface area contributed by atoms with Gasteiger partial charge in [-0.25, -0.2) is 4.39 Å². The van der Waals surface area contributed by atoms with E-state index in [2.05, 4.69) is 4.98 Å². The van der Waals surface area contributed by atoms with Crippen LogP contribution in [0.25, 0.3) is 0 Å². The molecule has 1 rings (SSSR count). The van der Waals surface area contributed by atoms with Crippen LogP contribution in [-0.2, 0) is 0 Å². The first-order valence-corrected chi connectivity index (χ1v) is 3.51. The van der Waals surface area contributed by atoms with Crippen molar-refractivity contribution < 1.29 is 4.39 Å². The summed E-state index contributed by atoms with van der Waals surface area (Å²) in [6, 6.07) is 3.74. The lowest BCUT2D eigenvalue weighted by Gasteiger charge is -2.15. The Balaban J connectivity index is 2.61. The van der Waals surface area contributed by atoms with Gasteiger partial charge in [0.05, 0.1) is 11.9 Å². The van der Waals surface area contributed by atoms with E-state index in [1.165, 1.54) is 0 Å². The molecule has 0 aliphatic rings. The first-order valence-electron chi connectivity index (χ1n) is 3.51. The molecule has 0 unspecified atom stereocenters. The molecular weight excluding hydrogens is 143 g/mol. The van der Waals surface area contributed by atoms with Crippen molar-refractivity contribution in [2.75, 3.05) is 25.2 Å². The molecule has 0 aliphatic carbocycles. The average molecular weight is 154 g/mol. The SMILES string of the molecule is CN(CCF)c1cccnc1. The summed E-state index contributed by atoms with van der Waals surface area (Å²) in [7, 11) is 1.84. The Bertz CT molecular complexity index is 201. The van der Waals surface area contributed by atoms with E-state index in [4.69, 9.17) is 0 Å². The van der Waals surface area contributed by atoms with Gasteiger partial charge in [-0.15, -0.1) is 0 Å². The molecule has 0 bridgehead atoms. The fourth-order valence-electron chi connectivity index (χ4n) is 0.835. The minimum atomic E-state index is -0.328. The minimum absolute atomic E-state index is 0.328. The fraction of sp³-hybridized carbons (Fsp3) is 0.375. The molecule has 60 valence electrons. The first kappa shape index (κ1) is 7.98. The summed E-state index contributed by atoms with van der Waals surface area (Å²) >= 11 is 0. The predicted molar refractivity (Wildman–Crippen MR) is 43.5 cm³/mol. The lowest BCUT2D eigenvalue weighted by atomic mass is 10.4. The smallest absolute Gasteiger partial charge is 0.107 e. The third-order valence-corrected chi connectivity index (χ3v) is 1.51. The molecule has 0 N–H and O–H groups in total. The Morgan fingerprint density at radius 3 is 3.00 bits per heavy atom. The average Bonchev–Trinajstić information content (AvgIpc) is 2.07. The number of alkyl halides is 1. The second kappa shape index (κ2) is 3.91. The number of hydrogen-bond acceptors (Lipinski definition) is 2. The second-order valence-corrected chi connectivity index (χ2v) is 2.32. The molecule has 2 nitrogen and oxygen atoms in total. The van der Waals surface area contributed by atoms with Crippen LogP contribution in [0, 0.1) is 0 Å². The molecule has 0 amide bonds. The van der Waals surface area contributed by atoms with Crippen molar-refractivity contribution in [1.82, 2.24) is 4.98 Å². The summed E-state index contributed by atoms with van der Waals surface area (Å²) in [5.41, 5.74) is 0.949. The second-order valence-electron chi connectivity index (χ2n) is 2.32. The highest BCUT2D eigenvalue weighted by Gasteiger charge is 1.97. The van der Waals surface area contributed by atoms with E-state index in [1.54, 1.807) is 12.4 Å². The molecule has 1 aromatic rings. The lowest BCUT2D eigenvalue weighted by molar-refractivity contribution is 0.497. The molecule has 0 atom stereocenters. The molecule has 0 aliphatic heterocycles. The normalized spacial score (nSPS) is 9.64. The van der Waals surface area contributed by atoms with E-state index in [9.17, 15) is 4.39 Å². The van der Waals surface area contributed by atoms with Crippen molar-refractivity contribution in [3.05, 3.63) is 24.5 Å². The predicted octanol–water partition coefficient (Wildman–Crippen LogP) is 1.49. The van der Waals surface area contributed by atoms with Crippen molar-refractivity contribution in [3.63, 3.8) is 0 Å². The van der Waals surface area contributed by atoms with E-state index < -0.39 is 0 Å². The molecule has 0 aromatic carbocycles. The van der Waals surface area contributed by atoms with Crippen molar-refractivity contribution in [2.24, 2.45) is 0 Å². The Labute approximate surface area is 65.7 Å². The van der Waals surface area contributed by atoms with Gasteiger partial charge in [-0.05, 0) is 12.1 Å². The summed E-state index contributed by atoms with van der Waals surface area (Å²) in [5, 5.41) is 0. The van der Waals surface area contributed by atoms with Crippen LogP contribution in [0.15, 0.2) is 24.5 Å². The molecule has 0 spiro atoms. The Morgan fingerprint density at radius 1 is 1.64 bits per heavy atom. The zero-order valence-corrected chi connectivity index (χ0v) is 6.50. The van der Waals surface area contributed by atoms with Crippen LogP contribution in [0.2, 0.25) is 0 Å². The maximum absolute atomic E-state index is 11.9. The quantitative estimate of drug-likeness (QED) is 0.655. The molecule has 11 heavy (non-hydrogen) atoms. The van der Waals surface area contributed by atoms with Gasteiger partial charge in [-0.3, -0.25) is 4.98 Å². The highest BCUT2D eigenvalue weighted by atomic mass is 19.1. The van der Waals surface area contributed by atoms with E-state index in [-0.39, 0.29) is 6.67 Å². The molecule has 0 radical (unpaired) electrons. The maximum Gasteiger partial charge on any atom is 0.107 e. The number of aromatic nitrogens is 1. The molecule has 0 saturated carbocycles. The Morgan fingerprint density at radius 2 is 2.45 bits per heavy atom.